The Hall–Kier alpha value is -3.96. The van der Waals surface area contributed by atoms with Crippen molar-refractivity contribution in [2.45, 2.75) is 17.9 Å². The van der Waals surface area contributed by atoms with E-state index >= 15 is 0 Å². The molecule has 3 aromatic carbocycles. The lowest BCUT2D eigenvalue weighted by Crippen LogP contribution is -2.27. The third-order valence-electron chi connectivity index (χ3n) is 5.69. The Morgan fingerprint density at radius 3 is 2.42 bits per heavy atom. The van der Waals surface area contributed by atoms with Gasteiger partial charge >= 0.3 is 0 Å². The van der Waals surface area contributed by atoms with Gasteiger partial charge in [-0.05, 0) is 35.9 Å². The molecule has 4 rings (SSSR count). The van der Waals surface area contributed by atoms with Crippen molar-refractivity contribution in [1.82, 2.24) is 4.98 Å². The van der Waals surface area contributed by atoms with Crippen LogP contribution in [-0.4, -0.2) is 52.5 Å². The molecule has 1 N–H and O–H groups in total. The second-order valence-electron chi connectivity index (χ2n) is 8.08. The number of fused-ring (bicyclic) bond motifs is 1. The van der Waals surface area contributed by atoms with Crippen LogP contribution < -0.4 is 19.5 Å². The minimum atomic E-state index is -3.64. The zero-order chi connectivity index (χ0) is 27.3. The van der Waals surface area contributed by atoms with Crippen LogP contribution in [0.5, 0.6) is 17.2 Å². The third-order valence-corrected chi connectivity index (χ3v) is 8.43. The van der Waals surface area contributed by atoms with Crippen LogP contribution in [0.15, 0.2) is 70.6 Å². The number of rotatable bonds is 10. The molecule has 1 heterocycles. The van der Waals surface area contributed by atoms with Gasteiger partial charge in [-0.25, -0.2) is 13.4 Å². The first-order valence-electron chi connectivity index (χ1n) is 11.6. The number of ether oxygens (including phenoxy) is 3. The Bertz CT molecular complexity index is 1540. The zero-order valence-corrected chi connectivity index (χ0v) is 22.9. The van der Waals surface area contributed by atoms with Gasteiger partial charge in [-0.3, -0.25) is 15.1 Å². The number of methoxy groups -OCH3 is 2. The van der Waals surface area contributed by atoms with E-state index < -0.39 is 21.8 Å². The maximum Gasteiger partial charge on any atom is 0.272 e. The van der Waals surface area contributed by atoms with Crippen molar-refractivity contribution in [1.29, 1.82) is 0 Å². The van der Waals surface area contributed by atoms with Crippen LogP contribution in [0, 0.1) is 0 Å². The SMILES string of the molecule is CCS(=O)(=O)c1ccccc1C(Oc1ccc(/C=N/C)cc1)C(=O)Nc1nc2cc(OC)c(OC)cc2s1. The highest BCUT2D eigenvalue weighted by molar-refractivity contribution is 7.91. The van der Waals surface area contributed by atoms with Crippen molar-refractivity contribution in [2.75, 3.05) is 32.3 Å². The highest BCUT2D eigenvalue weighted by Gasteiger charge is 2.30. The largest absolute Gasteiger partial charge is 0.493 e. The van der Waals surface area contributed by atoms with Gasteiger partial charge < -0.3 is 14.2 Å². The van der Waals surface area contributed by atoms with E-state index in [4.69, 9.17) is 14.2 Å². The molecular weight excluding hydrogens is 526 g/mol. The number of amides is 1. The predicted molar refractivity (Wildman–Crippen MR) is 149 cm³/mol. The maximum atomic E-state index is 13.6. The van der Waals surface area contributed by atoms with E-state index in [9.17, 15) is 13.2 Å². The molecule has 198 valence electrons. The average Bonchev–Trinajstić information content (AvgIpc) is 3.32. The Kier molecular flexibility index (Phi) is 8.28. The van der Waals surface area contributed by atoms with Gasteiger partial charge in [0.25, 0.3) is 5.91 Å². The van der Waals surface area contributed by atoms with Gasteiger partial charge in [0.15, 0.2) is 26.5 Å². The minimum Gasteiger partial charge on any atom is -0.493 e. The van der Waals surface area contributed by atoms with Gasteiger partial charge in [-0.1, -0.05) is 36.5 Å². The molecule has 1 aromatic heterocycles. The van der Waals surface area contributed by atoms with Crippen LogP contribution in [0.1, 0.15) is 24.2 Å². The Morgan fingerprint density at radius 1 is 1.08 bits per heavy atom. The summed E-state index contributed by atoms with van der Waals surface area (Å²) in [5, 5.41) is 3.12. The lowest BCUT2D eigenvalue weighted by molar-refractivity contribution is -0.123. The van der Waals surface area contributed by atoms with Crippen LogP contribution in [0.25, 0.3) is 10.2 Å². The number of hydrogen-bond acceptors (Lipinski definition) is 9. The standard InChI is InChI=1S/C27H27N3O6S2/c1-5-38(32,33)24-9-7-6-8-19(24)25(36-18-12-10-17(11-13-18)16-28-2)26(31)30-27-29-20-14-21(34-3)22(35-4)15-23(20)37-27/h6-16,25H,5H2,1-4H3,(H,29,30,31)/b28-16+. The molecule has 0 radical (unpaired) electrons. The number of carbonyl (C=O) groups excluding carboxylic acids is 1. The Morgan fingerprint density at radius 2 is 1.76 bits per heavy atom. The molecule has 0 saturated heterocycles. The summed E-state index contributed by atoms with van der Waals surface area (Å²) in [7, 11) is 1.10. The quantitative estimate of drug-likeness (QED) is 0.277. The molecule has 0 fully saturated rings. The molecule has 0 bridgehead atoms. The first kappa shape index (κ1) is 27.1. The van der Waals surface area contributed by atoms with Crippen LogP contribution >= 0.6 is 11.3 Å². The summed E-state index contributed by atoms with van der Waals surface area (Å²) in [6.45, 7) is 1.56. The van der Waals surface area contributed by atoms with Crippen molar-refractivity contribution in [3.63, 3.8) is 0 Å². The fourth-order valence-corrected chi connectivity index (χ4v) is 5.80. The van der Waals surface area contributed by atoms with E-state index in [0.717, 1.165) is 10.3 Å². The number of sulfone groups is 1. The van der Waals surface area contributed by atoms with Crippen molar-refractivity contribution < 1.29 is 27.4 Å². The lowest BCUT2D eigenvalue weighted by atomic mass is 10.1. The van der Waals surface area contributed by atoms with Crippen LogP contribution in [-0.2, 0) is 14.6 Å². The zero-order valence-electron chi connectivity index (χ0n) is 21.3. The minimum absolute atomic E-state index is 0.0381. The summed E-state index contributed by atoms with van der Waals surface area (Å²) < 4.78 is 43.3. The van der Waals surface area contributed by atoms with Crippen LogP contribution in [0.4, 0.5) is 5.13 Å². The fraction of sp³-hybridized carbons (Fsp3) is 0.222. The van der Waals surface area contributed by atoms with Crippen molar-refractivity contribution in [2.24, 2.45) is 4.99 Å². The van der Waals surface area contributed by atoms with Gasteiger partial charge in [0, 0.05) is 31.0 Å². The number of thiazole rings is 1. The number of nitrogens with one attached hydrogen (secondary N) is 1. The number of benzene rings is 3. The molecule has 4 aromatic rings. The van der Waals surface area contributed by atoms with E-state index in [1.807, 2.05) is 0 Å². The number of anilines is 1. The van der Waals surface area contributed by atoms with Gasteiger partial charge in [-0.2, -0.15) is 0 Å². The molecule has 0 aliphatic rings. The highest BCUT2D eigenvalue weighted by Crippen LogP contribution is 2.37. The molecule has 0 aliphatic carbocycles. The number of aliphatic imine (C=N–C) groups is 1. The molecule has 9 nitrogen and oxygen atoms in total. The second-order valence-corrected chi connectivity index (χ2v) is 11.4. The van der Waals surface area contributed by atoms with Crippen LogP contribution in [0.2, 0.25) is 0 Å². The molecule has 38 heavy (non-hydrogen) atoms. The van der Waals surface area contributed by atoms with Gasteiger partial charge in [0.1, 0.15) is 5.75 Å². The smallest absolute Gasteiger partial charge is 0.272 e. The molecule has 0 aliphatic heterocycles. The Labute approximate surface area is 225 Å². The van der Waals surface area contributed by atoms with Crippen molar-refractivity contribution >= 4 is 48.6 Å². The molecule has 1 amide bonds. The molecule has 11 heteroatoms. The third kappa shape index (κ3) is 5.79. The van der Waals surface area contributed by atoms with E-state index in [-0.39, 0.29) is 16.2 Å². The van der Waals surface area contributed by atoms with E-state index in [1.165, 1.54) is 24.5 Å². The first-order valence-corrected chi connectivity index (χ1v) is 14.1. The van der Waals surface area contributed by atoms with Crippen molar-refractivity contribution in [3.8, 4) is 17.2 Å². The molecule has 1 unspecified atom stereocenters. The van der Waals surface area contributed by atoms with E-state index in [0.29, 0.717) is 27.9 Å². The summed E-state index contributed by atoms with van der Waals surface area (Å²) in [6, 6.07) is 16.8. The number of aromatic nitrogens is 1. The normalized spacial score (nSPS) is 12.4. The predicted octanol–water partition coefficient (Wildman–Crippen LogP) is 4.91. The molecule has 0 saturated carbocycles. The topological polar surface area (TPSA) is 116 Å². The van der Waals surface area contributed by atoms with E-state index in [1.54, 1.807) is 81.9 Å². The number of carbonyl (C=O) groups is 1. The molecular formula is C27H27N3O6S2. The Balaban J connectivity index is 1.73. The van der Waals surface area contributed by atoms with Gasteiger partial charge in [-0.15, -0.1) is 0 Å². The van der Waals surface area contributed by atoms with E-state index in [2.05, 4.69) is 15.3 Å². The molecule has 1 atom stereocenters. The van der Waals surface area contributed by atoms with Gasteiger partial charge in [0.05, 0.1) is 35.1 Å². The van der Waals surface area contributed by atoms with Crippen LogP contribution in [0.3, 0.4) is 0 Å². The summed E-state index contributed by atoms with van der Waals surface area (Å²) in [5.41, 5.74) is 1.70. The number of nitrogens with zero attached hydrogens (tertiary/aromatic N) is 2. The summed E-state index contributed by atoms with van der Waals surface area (Å²) >= 11 is 1.25. The highest BCUT2D eigenvalue weighted by atomic mass is 32.2. The summed E-state index contributed by atoms with van der Waals surface area (Å²) in [6.07, 6.45) is 0.420. The van der Waals surface area contributed by atoms with Crippen molar-refractivity contribution in [3.05, 3.63) is 71.8 Å². The maximum absolute atomic E-state index is 13.6. The van der Waals surface area contributed by atoms with Gasteiger partial charge in [0.2, 0.25) is 6.10 Å². The summed E-state index contributed by atoms with van der Waals surface area (Å²) in [4.78, 5) is 22.2. The molecule has 0 spiro atoms. The fourth-order valence-electron chi connectivity index (χ4n) is 3.79. The number of hydrogen-bond donors (Lipinski definition) is 1. The lowest BCUT2D eigenvalue weighted by Gasteiger charge is -2.21. The summed E-state index contributed by atoms with van der Waals surface area (Å²) in [5.74, 6) is 0.754. The monoisotopic (exact) mass is 553 g/mol. The second kappa shape index (κ2) is 11.6. The average molecular weight is 554 g/mol. The first-order chi connectivity index (χ1) is 18.3.